The van der Waals surface area contributed by atoms with Gasteiger partial charge in [0.1, 0.15) is 10.6 Å². The molecule has 1 aromatic heterocycles. The van der Waals surface area contributed by atoms with E-state index in [2.05, 4.69) is 4.98 Å². The largest absolute Gasteiger partial charge is 0.495 e. The van der Waals surface area contributed by atoms with Gasteiger partial charge in [-0.2, -0.15) is 4.31 Å². The molecule has 0 bridgehead atoms. The van der Waals surface area contributed by atoms with Gasteiger partial charge in [0, 0.05) is 25.5 Å². The van der Waals surface area contributed by atoms with E-state index in [9.17, 15) is 8.42 Å². The van der Waals surface area contributed by atoms with Gasteiger partial charge in [-0.25, -0.2) is 8.42 Å². The van der Waals surface area contributed by atoms with Gasteiger partial charge in [-0.05, 0) is 55.2 Å². The van der Waals surface area contributed by atoms with Crippen molar-refractivity contribution < 1.29 is 13.2 Å². The highest BCUT2D eigenvalue weighted by Crippen LogP contribution is 2.31. The Morgan fingerprint density at radius 2 is 1.83 bits per heavy atom. The van der Waals surface area contributed by atoms with E-state index >= 15 is 0 Å². The number of aryl methyl sites for hydroxylation is 2. The second kappa shape index (κ2) is 7.77. The molecule has 2 rings (SSSR count). The zero-order chi connectivity index (χ0) is 17.7. The molecule has 0 aliphatic rings. The Kier molecular flexibility index (Phi) is 5.96. The highest BCUT2D eigenvalue weighted by molar-refractivity contribution is 7.89. The second-order valence-electron chi connectivity index (χ2n) is 5.72. The number of methoxy groups -OCH3 is 1. The van der Waals surface area contributed by atoms with Gasteiger partial charge < -0.3 is 4.74 Å². The Morgan fingerprint density at radius 3 is 2.42 bits per heavy atom. The molecule has 0 saturated carbocycles. The van der Waals surface area contributed by atoms with Crippen LogP contribution in [-0.4, -0.2) is 37.9 Å². The van der Waals surface area contributed by atoms with E-state index in [0.29, 0.717) is 25.3 Å². The first-order valence-corrected chi connectivity index (χ1v) is 9.38. The van der Waals surface area contributed by atoms with Crippen LogP contribution in [0.15, 0.2) is 41.6 Å². The Labute approximate surface area is 144 Å². The number of hydrogen-bond donors (Lipinski definition) is 0. The van der Waals surface area contributed by atoms with Crippen LogP contribution in [0.5, 0.6) is 5.75 Å². The molecule has 0 saturated heterocycles. The maximum atomic E-state index is 13.1. The second-order valence-corrected chi connectivity index (χ2v) is 7.62. The molecule has 0 aliphatic heterocycles. The first kappa shape index (κ1) is 18.4. The van der Waals surface area contributed by atoms with E-state index < -0.39 is 10.0 Å². The lowest BCUT2D eigenvalue weighted by Crippen LogP contribution is -2.33. The van der Waals surface area contributed by atoms with E-state index in [1.165, 1.54) is 11.4 Å². The van der Waals surface area contributed by atoms with Crippen LogP contribution < -0.4 is 4.74 Å². The topological polar surface area (TPSA) is 59.5 Å². The van der Waals surface area contributed by atoms with E-state index in [4.69, 9.17) is 4.74 Å². The molecular formula is C18H24N2O3S. The van der Waals surface area contributed by atoms with Gasteiger partial charge in [-0.1, -0.05) is 13.0 Å². The van der Waals surface area contributed by atoms with Gasteiger partial charge in [0.05, 0.1) is 7.11 Å². The minimum Gasteiger partial charge on any atom is -0.495 e. The average molecular weight is 348 g/mol. The Morgan fingerprint density at radius 1 is 1.17 bits per heavy atom. The monoisotopic (exact) mass is 348 g/mol. The number of likely N-dealkylation sites (N-methyl/N-ethyl adjacent to an activating group) is 1. The van der Waals surface area contributed by atoms with Crippen LogP contribution in [0.3, 0.4) is 0 Å². The van der Waals surface area contributed by atoms with Gasteiger partial charge in [0.15, 0.2) is 0 Å². The van der Waals surface area contributed by atoms with Gasteiger partial charge in [-0.3, -0.25) is 4.98 Å². The van der Waals surface area contributed by atoms with Crippen molar-refractivity contribution in [1.29, 1.82) is 0 Å². The third kappa shape index (κ3) is 3.94. The van der Waals surface area contributed by atoms with Crippen molar-refractivity contribution in [2.45, 2.75) is 32.1 Å². The SMILES string of the molecule is CCN(CCc1ccncc1)S(=O)(=O)c1cc(C)cc(C)c1OC. The fourth-order valence-electron chi connectivity index (χ4n) is 2.76. The molecule has 1 aromatic carbocycles. The molecule has 0 aliphatic carbocycles. The lowest BCUT2D eigenvalue weighted by Gasteiger charge is -2.23. The molecule has 0 N–H and O–H groups in total. The van der Waals surface area contributed by atoms with Gasteiger partial charge in [-0.15, -0.1) is 0 Å². The zero-order valence-corrected chi connectivity index (χ0v) is 15.4. The fourth-order valence-corrected chi connectivity index (χ4v) is 4.52. The molecule has 2 aromatic rings. The number of aromatic nitrogens is 1. The van der Waals surface area contributed by atoms with E-state index in [0.717, 1.165) is 16.7 Å². The molecule has 0 atom stereocenters. The summed E-state index contributed by atoms with van der Waals surface area (Å²) >= 11 is 0. The van der Waals surface area contributed by atoms with Crippen LogP contribution in [0, 0.1) is 13.8 Å². The minimum atomic E-state index is -3.62. The number of pyridine rings is 1. The quantitative estimate of drug-likeness (QED) is 0.772. The van der Waals surface area contributed by atoms with Crippen LogP contribution in [0.1, 0.15) is 23.6 Å². The molecule has 0 radical (unpaired) electrons. The van der Waals surface area contributed by atoms with Crippen molar-refractivity contribution in [3.8, 4) is 5.75 Å². The van der Waals surface area contributed by atoms with Crippen molar-refractivity contribution in [1.82, 2.24) is 9.29 Å². The van der Waals surface area contributed by atoms with E-state index in [1.807, 2.05) is 39.0 Å². The summed E-state index contributed by atoms with van der Waals surface area (Å²) in [7, 11) is -2.11. The average Bonchev–Trinajstić information content (AvgIpc) is 2.55. The van der Waals surface area contributed by atoms with E-state index in [1.54, 1.807) is 18.5 Å². The normalized spacial score (nSPS) is 11.7. The van der Waals surface area contributed by atoms with Crippen molar-refractivity contribution in [3.05, 3.63) is 53.3 Å². The maximum Gasteiger partial charge on any atom is 0.246 e. The number of hydrogen-bond acceptors (Lipinski definition) is 4. The standard InChI is InChI=1S/C18H24N2O3S/c1-5-20(11-8-16-6-9-19-10-7-16)24(21,22)17-13-14(2)12-15(3)18(17)23-4/h6-7,9-10,12-13H,5,8,11H2,1-4H3. The third-order valence-corrected chi connectivity index (χ3v) is 5.94. The summed E-state index contributed by atoms with van der Waals surface area (Å²) in [6.45, 7) is 6.42. The van der Waals surface area contributed by atoms with E-state index in [-0.39, 0.29) is 4.90 Å². The number of benzene rings is 1. The zero-order valence-electron chi connectivity index (χ0n) is 14.6. The molecular weight excluding hydrogens is 324 g/mol. The Bertz CT molecular complexity index is 789. The van der Waals surface area contributed by atoms with Crippen molar-refractivity contribution in [2.75, 3.05) is 20.2 Å². The van der Waals surface area contributed by atoms with Crippen molar-refractivity contribution in [3.63, 3.8) is 0 Å². The summed E-state index contributed by atoms with van der Waals surface area (Å²) in [6, 6.07) is 7.40. The fraction of sp³-hybridized carbons (Fsp3) is 0.389. The Balaban J connectivity index is 2.33. The minimum absolute atomic E-state index is 0.235. The highest BCUT2D eigenvalue weighted by atomic mass is 32.2. The van der Waals surface area contributed by atoms with Crippen LogP contribution in [-0.2, 0) is 16.4 Å². The lowest BCUT2D eigenvalue weighted by molar-refractivity contribution is 0.390. The van der Waals surface area contributed by atoms with Gasteiger partial charge in [0.25, 0.3) is 0 Å². The smallest absolute Gasteiger partial charge is 0.246 e. The highest BCUT2D eigenvalue weighted by Gasteiger charge is 2.27. The van der Waals surface area contributed by atoms with Crippen LogP contribution in [0.25, 0.3) is 0 Å². The van der Waals surface area contributed by atoms with Gasteiger partial charge >= 0.3 is 0 Å². The lowest BCUT2D eigenvalue weighted by atomic mass is 10.1. The van der Waals surface area contributed by atoms with Crippen LogP contribution in [0.2, 0.25) is 0 Å². The first-order valence-electron chi connectivity index (χ1n) is 7.94. The van der Waals surface area contributed by atoms with Crippen LogP contribution in [0.4, 0.5) is 0 Å². The summed E-state index contributed by atoms with van der Waals surface area (Å²) in [5, 5.41) is 0. The third-order valence-electron chi connectivity index (χ3n) is 3.96. The van der Waals surface area contributed by atoms with Crippen molar-refractivity contribution in [2.24, 2.45) is 0 Å². The number of ether oxygens (including phenoxy) is 1. The Hall–Kier alpha value is -1.92. The molecule has 6 heteroatoms. The summed E-state index contributed by atoms with van der Waals surface area (Å²) in [5.74, 6) is 0.419. The predicted octanol–water partition coefficient (Wildman–Crippen LogP) is 2.96. The summed E-state index contributed by atoms with van der Waals surface area (Å²) in [6.07, 6.45) is 4.07. The van der Waals surface area contributed by atoms with Crippen LogP contribution >= 0.6 is 0 Å². The molecule has 5 nitrogen and oxygen atoms in total. The number of rotatable bonds is 7. The predicted molar refractivity (Wildman–Crippen MR) is 94.8 cm³/mol. The molecule has 0 unspecified atom stereocenters. The first-order chi connectivity index (χ1) is 11.4. The molecule has 0 spiro atoms. The molecule has 1 heterocycles. The summed E-state index contributed by atoms with van der Waals surface area (Å²) < 4.78 is 33.1. The molecule has 0 fully saturated rings. The summed E-state index contributed by atoms with van der Waals surface area (Å²) in [4.78, 5) is 4.22. The number of sulfonamides is 1. The number of nitrogens with zero attached hydrogens (tertiary/aromatic N) is 2. The maximum absolute atomic E-state index is 13.1. The van der Waals surface area contributed by atoms with Gasteiger partial charge in [0.2, 0.25) is 10.0 Å². The molecule has 130 valence electrons. The summed E-state index contributed by atoms with van der Waals surface area (Å²) in [5.41, 5.74) is 2.78. The van der Waals surface area contributed by atoms with Crippen molar-refractivity contribution >= 4 is 10.0 Å². The molecule has 24 heavy (non-hydrogen) atoms. The molecule has 0 amide bonds.